The molecule has 0 aliphatic carbocycles. The van der Waals surface area contributed by atoms with Crippen molar-refractivity contribution >= 4 is 27.7 Å². The van der Waals surface area contributed by atoms with Crippen molar-refractivity contribution in [1.29, 1.82) is 0 Å². The van der Waals surface area contributed by atoms with Crippen molar-refractivity contribution < 1.29 is 0 Å². The monoisotopic (exact) mass is 349 g/mol. The van der Waals surface area contributed by atoms with Crippen LogP contribution in [0.3, 0.4) is 0 Å². The van der Waals surface area contributed by atoms with E-state index in [1.165, 1.54) is 26.5 Å². The second kappa shape index (κ2) is 6.79. The molecule has 0 spiro atoms. The summed E-state index contributed by atoms with van der Waals surface area (Å²) in [6.45, 7) is 6.46. The van der Waals surface area contributed by atoms with E-state index in [9.17, 15) is 0 Å². The molecule has 1 unspecified atom stereocenters. The Balaban J connectivity index is 2.28. The molecule has 0 fully saturated rings. The molecule has 2 aromatic rings. The minimum Gasteiger partial charge on any atom is -0.313 e. The second-order valence-corrected chi connectivity index (χ2v) is 7.01. The number of aryl methyl sites for hydroxylation is 2. The minimum atomic E-state index is 0.367. The smallest absolute Gasteiger partial charge is 0.0318 e. The van der Waals surface area contributed by atoms with Gasteiger partial charge in [-0.15, -0.1) is 0 Å². The molecule has 106 valence electrons. The van der Waals surface area contributed by atoms with E-state index in [1.54, 1.807) is 0 Å². The van der Waals surface area contributed by atoms with E-state index in [1.807, 2.05) is 18.8 Å². The first kappa shape index (κ1) is 15.6. The van der Waals surface area contributed by atoms with E-state index >= 15 is 0 Å². The maximum atomic E-state index is 3.70. The number of nitrogens with one attached hydrogen (secondary N) is 1. The van der Waals surface area contributed by atoms with Crippen molar-refractivity contribution in [1.82, 2.24) is 5.32 Å². The Morgan fingerprint density at radius 1 is 1.05 bits per heavy atom. The molecule has 0 heterocycles. The van der Waals surface area contributed by atoms with Crippen LogP contribution < -0.4 is 5.32 Å². The topological polar surface area (TPSA) is 12.0 Å². The summed E-state index contributed by atoms with van der Waals surface area (Å²) in [5.74, 6) is 0. The summed E-state index contributed by atoms with van der Waals surface area (Å²) in [6, 6.07) is 13.5. The molecule has 0 aliphatic rings. The molecule has 20 heavy (non-hydrogen) atoms. The Bertz CT molecular complexity index is 610. The van der Waals surface area contributed by atoms with Crippen molar-refractivity contribution in [2.45, 2.75) is 36.6 Å². The predicted molar refractivity (Wildman–Crippen MR) is 91.7 cm³/mol. The fourth-order valence-electron chi connectivity index (χ4n) is 1.97. The lowest BCUT2D eigenvalue weighted by Gasteiger charge is -2.13. The van der Waals surface area contributed by atoms with Crippen molar-refractivity contribution in [3.05, 3.63) is 57.6 Å². The molecule has 3 heteroatoms. The van der Waals surface area contributed by atoms with E-state index in [2.05, 4.69) is 78.4 Å². The first-order valence-electron chi connectivity index (χ1n) is 6.73. The van der Waals surface area contributed by atoms with Crippen LogP contribution in [0.2, 0.25) is 0 Å². The predicted octanol–water partition coefficient (Wildman–Crippen LogP) is 5.50. The van der Waals surface area contributed by atoms with Gasteiger partial charge in [-0.05, 0) is 78.6 Å². The van der Waals surface area contributed by atoms with Gasteiger partial charge in [-0.1, -0.05) is 30.0 Å². The van der Waals surface area contributed by atoms with Gasteiger partial charge in [-0.25, -0.2) is 0 Å². The number of benzene rings is 2. The lowest BCUT2D eigenvalue weighted by atomic mass is 10.1. The Morgan fingerprint density at radius 3 is 2.45 bits per heavy atom. The van der Waals surface area contributed by atoms with Crippen LogP contribution in [0.5, 0.6) is 0 Å². The number of hydrogen-bond donors (Lipinski definition) is 1. The quantitative estimate of drug-likeness (QED) is 0.782. The molecule has 1 N–H and O–H groups in total. The maximum Gasteiger partial charge on any atom is 0.0318 e. The Hall–Kier alpha value is -0.770. The first-order chi connectivity index (χ1) is 9.51. The summed E-state index contributed by atoms with van der Waals surface area (Å²) in [4.78, 5) is 2.57. The fourth-order valence-corrected chi connectivity index (χ4v) is 3.61. The van der Waals surface area contributed by atoms with Crippen LogP contribution in [-0.4, -0.2) is 7.05 Å². The Morgan fingerprint density at radius 2 is 1.80 bits per heavy atom. The highest BCUT2D eigenvalue weighted by Gasteiger charge is 2.09. The molecule has 2 aromatic carbocycles. The third kappa shape index (κ3) is 3.66. The van der Waals surface area contributed by atoms with E-state index in [0.717, 1.165) is 4.47 Å². The molecule has 1 atom stereocenters. The summed E-state index contributed by atoms with van der Waals surface area (Å²) in [7, 11) is 1.98. The van der Waals surface area contributed by atoms with Crippen molar-refractivity contribution in [3.63, 3.8) is 0 Å². The zero-order valence-corrected chi connectivity index (χ0v) is 14.7. The van der Waals surface area contributed by atoms with Crippen LogP contribution in [0.15, 0.2) is 50.7 Å². The van der Waals surface area contributed by atoms with Gasteiger partial charge in [0.2, 0.25) is 0 Å². The highest BCUT2D eigenvalue weighted by molar-refractivity contribution is 9.10. The summed E-state index contributed by atoms with van der Waals surface area (Å²) in [5, 5.41) is 3.27. The van der Waals surface area contributed by atoms with Gasteiger partial charge in [0.05, 0.1) is 0 Å². The molecule has 0 amide bonds. The Kier molecular flexibility index (Phi) is 5.30. The summed E-state index contributed by atoms with van der Waals surface area (Å²) >= 11 is 5.51. The SMILES string of the molecule is CNC(C)c1ccc(Sc2cc(C)ccc2C)c(Br)c1. The summed E-state index contributed by atoms with van der Waals surface area (Å²) < 4.78 is 1.16. The van der Waals surface area contributed by atoms with Crippen LogP contribution in [0, 0.1) is 13.8 Å². The maximum absolute atomic E-state index is 3.70. The van der Waals surface area contributed by atoms with Gasteiger partial charge in [0, 0.05) is 20.3 Å². The molecular formula is C17H20BrNS. The standard InChI is InChI=1S/C17H20BrNS/c1-11-5-6-12(2)17(9-11)20-16-8-7-14(10-15(16)18)13(3)19-4/h5-10,13,19H,1-4H3. The van der Waals surface area contributed by atoms with E-state index in [0.29, 0.717) is 6.04 Å². The summed E-state index contributed by atoms with van der Waals surface area (Å²) in [5.41, 5.74) is 3.92. The number of hydrogen-bond acceptors (Lipinski definition) is 2. The zero-order valence-electron chi connectivity index (χ0n) is 12.3. The molecule has 0 saturated carbocycles. The van der Waals surface area contributed by atoms with Gasteiger partial charge < -0.3 is 5.32 Å². The van der Waals surface area contributed by atoms with Crippen LogP contribution >= 0.6 is 27.7 Å². The molecule has 2 rings (SSSR count). The molecule has 0 bridgehead atoms. The van der Waals surface area contributed by atoms with Crippen LogP contribution in [0.4, 0.5) is 0 Å². The normalized spacial score (nSPS) is 12.4. The van der Waals surface area contributed by atoms with Crippen LogP contribution in [0.25, 0.3) is 0 Å². The van der Waals surface area contributed by atoms with Gasteiger partial charge >= 0.3 is 0 Å². The lowest BCUT2D eigenvalue weighted by Crippen LogP contribution is -2.12. The van der Waals surface area contributed by atoms with Gasteiger partial charge in [0.1, 0.15) is 0 Å². The average Bonchev–Trinajstić information content (AvgIpc) is 2.44. The van der Waals surface area contributed by atoms with E-state index in [-0.39, 0.29) is 0 Å². The first-order valence-corrected chi connectivity index (χ1v) is 8.34. The number of rotatable bonds is 4. The average molecular weight is 350 g/mol. The van der Waals surface area contributed by atoms with Crippen LogP contribution in [-0.2, 0) is 0 Å². The molecule has 1 nitrogen and oxygen atoms in total. The van der Waals surface area contributed by atoms with Crippen molar-refractivity contribution in [2.24, 2.45) is 0 Å². The third-order valence-corrected chi connectivity index (χ3v) is 5.61. The largest absolute Gasteiger partial charge is 0.313 e. The fraction of sp³-hybridized carbons (Fsp3) is 0.294. The minimum absolute atomic E-state index is 0.367. The summed E-state index contributed by atoms with van der Waals surface area (Å²) in [6.07, 6.45) is 0. The van der Waals surface area contributed by atoms with Gasteiger partial charge in [0.25, 0.3) is 0 Å². The van der Waals surface area contributed by atoms with E-state index < -0.39 is 0 Å². The second-order valence-electron chi connectivity index (χ2n) is 5.07. The third-order valence-electron chi connectivity index (χ3n) is 3.45. The number of halogens is 1. The highest BCUT2D eigenvalue weighted by Crippen LogP contribution is 2.36. The molecule has 0 saturated heterocycles. The van der Waals surface area contributed by atoms with Gasteiger partial charge in [0.15, 0.2) is 0 Å². The molecule has 0 aliphatic heterocycles. The zero-order chi connectivity index (χ0) is 14.7. The van der Waals surface area contributed by atoms with Crippen molar-refractivity contribution in [3.8, 4) is 0 Å². The van der Waals surface area contributed by atoms with Crippen LogP contribution in [0.1, 0.15) is 29.7 Å². The molecular weight excluding hydrogens is 330 g/mol. The lowest BCUT2D eigenvalue weighted by molar-refractivity contribution is 0.651. The van der Waals surface area contributed by atoms with Gasteiger partial charge in [-0.3, -0.25) is 0 Å². The van der Waals surface area contributed by atoms with Crippen molar-refractivity contribution in [2.75, 3.05) is 7.05 Å². The van der Waals surface area contributed by atoms with Gasteiger partial charge in [-0.2, -0.15) is 0 Å². The molecule has 0 aromatic heterocycles. The van der Waals surface area contributed by atoms with E-state index in [4.69, 9.17) is 0 Å². The highest BCUT2D eigenvalue weighted by atomic mass is 79.9. The Labute approximate surface area is 134 Å². The molecule has 0 radical (unpaired) electrons.